The summed E-state index contributed by atoms with van der Waals surface area (Å²) in [6.45, 7) is -0.359. The third-order valence-corrected chi connectivity index (χ3v) is 3.76. The first-order chi connectivity index (χ1) is 13.5. The van der Waals surface area contributed by atoms with Crippen LogP contribution in [0, 0.1) is 5.95 Å². The summed E-state index contributed by atoms with van der Waals surface area (Å²) in [7, 11) is 0. The van der Waals surface area contributed by atoms with Crippen molar-refractivity contribution in [3.8, 4) is 17.3 Å². The zero-order valence-corrected chi connectivity index (χ0v) is 14.4. The standard InChI is InChI=1S/C19H11F7N2O/c20-15-9-16(29-10-11-3-1-5-13(7-11)18(21,22)23)28-17(27-15)12-4-2-6-14(8-12)19(24,25)26/h1-9H,10H2. The monoisotopic (exact) mass is 416 g/mol. The van der Waals surface area contributed by atoms with Crippen molar-refractivity contribution < 1.29 is 35.5 Å². The fourth-order valence-corrected chi connectivity index (χ4v) is 2.43. The second-order valence-electron chi connectivity index (χ2n) is 5.92. The van der Waals surface area contributed by atoms with E-state index >= 15 is 0 Å². The predicted molar refractivity (Wildman–Crippen MR) is 88.2 cm³/mol. The van der Waals surface area contributed by atoms with Crippen LogP contribution in [0.4, 0.5) is 30.7 Å². The third kappa shape index (κ3) is 5.21. The fraction of sp³-hybridized carbons (Fsp3) is 0.158. The molecule has 0 bridgehead atoms. The molecule has 0 saturated carbocycles. The van der Waals surface area contributed by atoms with Gasteiger partial charge in [-0.15, -0.1) is 0 Å². The lowest BCUT2D eigenvalue weighted by Crippen LogP contribution is -2.07. The van der Waals surface area contributed by atoms with Gasteiger partial charge in [-0.1, -0.05) is 24.3 Å². The van der Waals surface area contributed by atoms with Crippen LogP contribution in [-0.2, 0) is 19.0 Å². The number of benzene rings is 2. The highest BCUT2D eigenvalue weighted by molar-refractivity contribution is 5.56. The van der Waals surface area contributed by atoms with E-state index in [2.05, 4.69) is 9.97 Å². The van der Waals surface area contributed by atoms with Crippen LogP contribution in [-0.4, -0.2) is 9.97 Å². The lowest BCUT2D eigenvalue weighted by molar-refractivity contribution is -0.138. The summed E-state index contributed by atoms with van der Waals surface area (Å²) in [5, 5.41) is 0. The normalized spacial score (nSPS) is 12.1. The molecule has 29 heavy (non-hydrogen) atoms. The molecule has 0 spiro atoms. The Morgan fingerprint density at radius 3 is 2.03 bits per heavy atom. The molecular formula is C19H11F7N2O. The van der Waals surface area contributed by atoms with E-state index in [1.54, 1.807) is 0 Å². The zero-order valence-electron chi connectivity index (χ0n) is 14.4. The van der Waals surface area contributed by atoms with Crippen molar-refractivity contribution in [3.05, 3.63) is 77.2 Å². The molecule has 3 rings (SSSR count). The molecule has 0 atom stereocenters. The number of alkyl halides is 6. The fourth-order valence-electron chi connectivity index (χ4n) is 2.43. The Kier molecular flexibility index (Phi) is 5.45. The molecule has 0 aliphatic heterocycles. The highest BCUT2D eigenvalue weighted by atomic mass is 19.4. The van der Waals surface area contributed by atoms with Gasteiger partial charge in [-0.2, -0.15) is 40.7 Å². The highest BCUT2D eigenvalue weighted by Gasteiger charge is 2.31. The summed E-state index contributed by atoms with van der Waals surface area (Å²) in [6, 6.07) is 9.08. The predicted octanol–water partition coefficient (Wildman–Crippen LogP) is 5.90. The Morgan fingerprint density at radius 2 is 1.38 bits per heavy atom. The van der Waals surface area contributed by atoms with Crippen LogP contribution in [0.5, 0.6) is 5.88 Å². The van der Waals surface area contributed by atoms with Gasteiger partial charge in [0.2, 0.25) is 11.8 Å². The molecule has 1 heterocycles. The number of rotatable bonds is 4. The SMILES string of the molecule is Fc1cc(OCc2cccc(C(F)(F)F)c2)nc(-c2cccc(C(F)(F)F)c2)n1. The van der Waals surface area contributed by atoms with Crippen LogP contribution >= 0.6 is 0 Å². The minimum Gasteiger partial charge on any atom is -0.473 e. The zero-order chi connectivity index (χ0) is 21.2. The maximum Gasteiger partial charge on any atom is 0.416 e. The number of nitrogens with zero attached hydrogens (tertiary/aromatic N) is 2. The molecule has 0 saturated heterocycles. The van der Waals surface area contributed by atoms with Crippen molar-refractivity contribution in [1.82, 2.24) is 9.97 Å². The van der Waals surface area contributed by atoms with Gasteiger partial charge in [0, 0.05) is 5.56 Å². The van der Waals surface area contributed by atoms with Crippen LogP contribution in [0.3, 0.4) is 0 Å². The molecule has 0 radical (unpaired) electrons. The third-order valence-electron chi connectivity index (χ3n) is 3.76. The van der Waals surface area contributed by atoms with E-state index in [0.717, 1.165) is 36.4 Å². The van der Waals surface area contributed by atoms with Gasteiger partial charge in [0.15, 0.2) is 5.82 Å². The van der Waals surface area contributed by atoms with Gasteiger partial charge in [0.05, 0.1) is 17.2 Å². The Bertz CT molecular complexity index is 1020. The van der Waals surface area contributed by atoms with E-state index in [0.29, 0.717) is 0 Å². The molecule has 0 N–H and O–H groups in total. The summed E-state index contributed by atoms with van der Waals surface area (Å²) in [4.78, 5) is 7.31. The first-order valence-corrected chi connectivity index (χ1v) is 8.03. The maximum absolute atomic E-state index is 13.8. The summed E-state index contributed by atoms with van der Waals surface area (Å²) in [6.07, 6.45) is -9.14. The summed E-state index contributed by atoms with van der Waals surface area (Å²) in [5.74, 6) is -1.75. The van der Waals surface area contributed by atoms with E-state index in [9.17, 15) is 30.7 Å². The van der Waals surface area contributed by atoms with Crippen LogP contribution < -0.4 is 4.74 Å². The number of hydrogen-bond acceptors (Lipinski definition) is 3. The van der Waals surface area contributed by atoms with Crippen LogP contribution in [0.25, 0.3) is 11.4 Å². The smallest absolute Gasteiger partial charge is 0.416 e. The summed E-state index contributed by atoms with van der Waals surface area (Å²) >= 11 is 0. The van der Waals surface area contributed by atoms with E-state index in [-0.39, 0.29) is 29.4 Å². The number of hydrogen-bond donors (Lipinski definition) is 0. The minimum atomic E-state index is -4.60. The second-order valence-corrected chi connectivity index (χ2v) is 5.92. The summed E-state index contributed by atoms with van der Waals surface area (Å²) < 4.78 is 95.8. The Balaban J connectivity index is 1.84. The van der Waals surface area contributed by atoms with Gasteiger partial charge in [-0.3, -0.25) is 0 Å². The van der Waals surface area contributed by atoms with Crippen molar-refractivity contribution in [1.29, 1.82) is 0 Å². The van der Waals surface area contributed by atoms with Crippen molar-refractivity contribution in [2.45, 2.75) is 19.0 Å². The summed E-state index contributed by atoms with van der Waals surface area (Å²) in [5.41, 5.74) is -1.78. The molecular weight excluding hydrogens is 405 g/mol. The molecule has 0 unspecified atom stereocenters. The Hall–Kier alpha value is -3.17. The Morgan fingerprint density at radius 1 is 0.759 bits per heavy atom. The number of ether oxygens (including phenoxy) is 1. The molecule has 0 amide bonds. The van der Waals surface area contributed by atoms with Gasteiger partial charge in [0.1, 0.15) is 6.61 Å². The quantitative estimate of drug-likeness (QED) is 0.393. The largest absolute Gasteiger partial charge is 0.473 e. The topological polar surface area (TPSA) is 35.0 Å². The molecule has 3 nitrogen and oxygen atoms in total. The van der Waals surface area contributed by atoms with Gasteiger partial charge < -0.3 is 4.74 Å². The number of aromatic nitrogens is 2. The molecule has 3 aromatic rings. The van der Waals surface area contributed by atoms with E-state index in [1.165, 1.54) is 18.2 Å². The molecule has 1 aromatic heterocycles. The molecule has 0 fully saturated rings. The highest BCUT2D eigenvalue weighted by Crippen LogP contribution is 2.32. The first-order valence-electron chi connectivity index (χ1n) is 8.03. The average Bonchev–Trinajstić information content (AvgIpc) is 2.65. The van der Waals surface area contributed by atoms with Gasteiger partial charge in [-0.25, -0.2) is 0 Å². The molecule has 152 valence electrons. The van der Waals surface area contributed by atoms with Gasteiger partial charge in [0.25, 0.3) is 0 Å². The van der Waals surface area contributed by atoms with Crippen molar-refractivity contribution in [2.75, 3.05) is 0 Å². The van der Waals surface area contributed by atoms with Crippen molar-refractivity contribution in [2.24, 2.45) is 0 Å². The van der Waals surface area contributed by atoms with Crippen LogP contribution in [0.15, 0.2) is 54.6 Å². The van der Waals surface area contributed by atoms with E-state index in [4.69, 9.17) is 4.74 Å². The van der Waals surface area contributed by atoms with E-state index < -0.39 is 29.4 Å². The van der Waals surface area contributed by atoms with Gasteiger partial charge in [-0.05, 0) is 29.8 Å². The van der Waals surface area contributed by atoms with Crippen molar-refractivity contribution >= 4 is 0 Å². The van der Waals surface area contributed by atoms with E-state index in [1.807, 2.05) is 0 Å². The number of halogens is 7. The first kappa shape index (κ1) is 20.6. The molecule has 2 aromatic carbocycles. The van der Waals surface area contributed by atoms with Crippen LogP contribution in [0.1, 0.15) is 16.7 Å². The second kappa shape index (κ2) is 7.69. The van der Waals surface area contributed by atoms with Crippen molar-refractivity contribution in [3.63, 3.8) is 0 Å². The molecule has 10 heteroatoms. The lowest BCUT2D eigenvalue weighted by Gasteiger charge is -2.11. The minimum absolute atomic E-state index is 0.0942. The van der Waals surface area contributed by atoms with Gasteiger partial charge >= 0.3 is 12.4 Å². The average molecular weight is 416 g/mol. The van der Waals surface area contributed by atoms with Crippen LogP contribution in [0.2, 0.25) is 0 Å². The Labute approximate surface area is 159 Å². The lowest BCUT2D eigenvalue weighted by atomic mass is 10.1. The maximum atomic E-state index is 13.8. The molecule has 0 aliphatic rings. The molecule has 0 aliphatic carbocycles.